The summed E-state index contributed by atoms with van der Waals surface area (Å²) in [5.74, 6) is 3.82. The topological polar surface area (TPSA) is 26.3 Å². The summed E-state index contributed by atoms with van der Waals surface area (Å²) in [5.41, 5.74) is 0. The van der Waals surface area contributed by atoms with Crippen LogP contribution >= 0.6 is 0 Å². The average Bonchev–Trinajstić information content (AvgIpc) is 2.59. The maximum absolute atomic E-state index is 11.8. The van der Waals surface area contributed by atoms with Gasteiger partial charge in [-0.25, -0.2) is 0 Å². The summed E-state index contributed by atoms with van der Waals surface area (Å²) in [7, 11) is 0. The molecular formula is C21H36O2. The molecule has 3 rings (SSSR count). The number of carbonyl (C=O) groups excluding carboxylic acids is 1. The first-order valence-electron chi connectivity index (χ1n) is 10.4. The van der Waals surface area contributed by atoms with Crippen LogP contribution in [0.25, 0.3) is 0 Å². The van der Waals surface area contributed by atoms with Crippen LogP contribution in [-0.4, -0.2) is 12.1 Å². The first kappa shape index (κ1) is 17.3. The number of hydrogen-bond acceptors (Lipinski definition) is 2. The number of rotatable bonds is 4. The van der Waals surface area contributed by atoms with Crippen molar-refractivity contribution in [3.8, 4) is 0 Å². The van der Waals surface area contributed by atoms with Gasteiger partial charge in [-0.15, -0.1) is 0 Å². The van der Waals surface area contributed by atoms with Crippen LogP contribution in [0.1, 0.15) is 90.9 Å². The molecule has 1 heterocycles. The van der Waals surface area contributed by atoms with Gasteiger partial charge in [-0.3, -0.25) is 4.79 Å². The van der Waals surface area contributed by atoms with Crippen LogP contribution in [0.4, 0.5) is 0 Å². The zero-order chi connectivity index (χ0) is 16.2. The molecule has 0 aromatic carbocycles. The zero-order valence-corrected chi connectivity index (χ0v) is 15.3. The molecule has 0 amide bonds. The standard InChI is InChI=1S/C21H36O2/c1-3-4-16-6-8-17(9-7-16)18-10-12-19(13-11-18)20-14-5-15(2)21(22)23-20/h15-20H,3-14H2,1-2H3. The molecule has 3 fully saturated rings. The van der Waals surface area contributed by atoms with Gasteiger partial charge in [0.15, 0.2) is 0 Å². The first-order chi connectivity index (χ1) is 11.2. The summed E-state index contributed by atoms with van der Waals surface area (Å²) in [6.45, 7) is 4.33. The molecule has 2 nitrogen and oxygen atoms in total. The van der Waals surface area contributed by atoms with E-state index in [9.17, 15) is 4.79 Å². The predicted molar refractivity (Wildman–Crippen MR) is 94.1 cm³/mol. The number of ether oxygens (including phenoxy) is 1. The van der Waals surface area contributed by atoms with E-state index in [0.29, 0.717) is 5.92 Å². The Kier molecular flexibility index (Phi) is 6.04. The summed E-state index contributed by atoms with van der Waals surface area (Å²) in [6.07, 6.45) is 16.5. The van der Waals surface area contributed by atoms with E-state index in [1.54, 1.807) is 0 Å². The zero-order valence-electron chi connectivity index (χ0n) is 15.3. The third-order valence-electron chi connectivity index (χ3n) is 7.15. The van der Waals surface area contributed by atoms with Crippen molar-refractivity contribution < 1.29 is 9.53 Å². The lowest BCUT2D eigenvalue weighted by Gasteiger charge is -2.40. The van der Waals surface area contributed by atoms with Crippen LogP contribution in [0.3, 0.4) is 0 Å². The molecule has 1 aliphatic heterocycles. The smallest absolute Gasteiger partial charge is 0.308 e. The molecule has 2 saturated carbocycles. The molecule has 2 aliphatic carbocycles. The van der Waals surface area contributed by atoms with Gasteiger partial charge in [0.25, 0.3) is 0 Å². The minimum absolute atomic E-state index is 0.0534. The van der Waals surface area contributed by atoms with E-state index in [1.807, 2.05) is 6.92 Å². The molecule has 0 bridgehead atoms. The quantitative estimate of drug-likeness (QED) is 0.617. The van der Waals surface area contributed by atoms with Gasteiger partial charge in [-0.1, -0.05) is 39.5 Å². The fraction of sp³-hybridized carbons (Fsp3) is 0.952. The van der Waals surface area contributed by atoms with Gasteiger partial charge in [0, 0.05) is 0 Å². The van der Waals surface area contributed by atoms with Gasteiger partial charge in [-0.2, -0.15) is 0 Å². The number of carbonyl (C=O) groups is 1. The van der Waals surface area contributed by atoms with Crippen molar-refractivity contribution >= 4 is 5.97 Å². The van der Waals surface area contributed by atoms with Crippen LogP contribution in [0.5, 0.6) is 0 Å². The first-order valence-corrected chi connectivity index (χ1v) is 10.4. The number of hydrogen-bond donors (Lipinski definition) is 0. The third kappa shape index (κ3) is 4.31. The maximum Gasteiger partial charge on any atom is 0.308 e. The van der Waals surface area contributed by atoms with Crippen molar-refractivity contribution in [2.75, 3.05) is 0 Å². The Morgan fingerprint density at radius 2 is 1.39 bits per heavy atom. The fourth-order valence-corrected chi connectivity index (χ4v) is 5.53. The average molecular weight is 321 g/mol. The second kappa shape index (κ2) is 8.03. The molecule has 23 heavy (non-hydrogen) atoms. The summed E-state index contributed by atoms with van der Waals surface area (Å²) in [6, 6.07) is 0. The lowest BCUT2D eigenvalue weighted by atomic mass is 9.67. The lowest BCUT2D eigenvalue weighted by molar-refractivity contribution is -0.164. The van der Waals surface area contributed by atoms with Crippen molar-refractivity contribution in [3.05, 3.63) is 0 Å². The molecule has 0 aromatic heterocycles. The van der Waals surface area contributed by atoms with Crippen molar-refractivity contribution in [1.29, 1.82) is 0 Å². The number of esters is 1. The molecule has 3 aliphatic rings. The summed E-state index contributed by atoms with van der Waals surface area (Å²) >= 11 is 0. The Balaban J connectivity index is 1.41. The highest BCUT2D eigenvalue weighted by atomic mass is 16.5. The Hall–Kier alpha value is -0.530. The van der Waals surface area contributed by atoms with E-state index in [-0.39, 0.29) is 18.0 Å². The van der Waals surface area contributed by atoms with Crippen LogP contribution in [0, 0.1) is 29.6 Å². The Morgan fingerprint density at radius 3 is 1.96 bits per heavy atom. The molecule has 0 radical (unpaired) electrons. The van der Waals surface area contributed by atoms with Gasteiger partial charge in [0.05, 0.1) is 5.92 Å². The van der Waals surface area contributed by atoms with Gasteiger partial charge >= 0.3 is 5.97 Å². The third-order valence-corrected chi connectivity index (χ3v) is 7.15. The van der Waals surface area contributed by atoms with Crippen molar-refractivity contribution in [1.82, 2.24) is 0 Å². The van der Waals surface area contributed by atoms with Crippen molar-refractivity contribution in [3.63, 3.8) is 0 Å². The van der Waals surface area contributed by atoms with Gasteiger partial charge in [-0.05, 0) is 75.0 Å². The molecule has 0 N–H and O–H groups in total. The highest BCUT2D eigenvalue weighted by Gasteiger charge is 2.36. The monoisotopic (exact) mass is 320 g/mol. The fourth-order valence-electron chi connectivity index (χ4n) is 5.53. The van der Waals surface area contributed by atoms with E-state index < -0.39 is 0 Å². The lowest BCUT2D eigenvalue weighted by Crippen LogP contribution is -2.37. The SMILES string of the molecule is CCCC1CCC(C2CCC(C3CCC(C)C(=O)O3)CC2)CC1. The predicted octanol–water partition coefficient (Wildman–Crippen LogP) is 5.74. The van der Waals surface area contributed by atoms with Gasteiger partial charge in [0.1, 0.15) is 6.10 Å². The van der Waals surface area contributed by atoms with Gasteiger partial charge < -0.3 is 4.74 Å². The molecule has 0 aromatic rings. The molecule has 1 saturated heterocycles. The van der Waals surface area contributed by atoms with E-state index in [4.69, 9.17) is 4.74 Å². The second-order valence-corrected chi connectivity index (χ2v) is 8.70. The molecule has 2 heteroatoms. The summed E-state index contributed by atoms with van der Waals surface area (Å²) < 4.78 is 5.72. The van der Waals surface area contributed by atoms with Crippen molar-refractivity contribution in [2.45, 2.75) is 97.0 Å². The molecular weight excluding hydrogens is 284 g/mol. The maximum atomic E-state index is 11.8. The Morgan fingerprint density at radius 1 is 0.826 bits per heavy atom. The van der Waals surface area contributed by atoms with E-state index >= 15 is 0 Å². The Labute approximate surface area is 142 Å². The molecule has 2 unspecified atom stereocenters. The van der Waals surface area contributed by atoms with Crippen LogP contribution in [-0.2, 0) is 9.53 Å². The minimum atomic E-state index is 0.0534. The number of cyclic esters (lactones) is 1. The summed E-state index contributed by atoms with van der Waals surface area (Å²) in [4.78, 5) is 11.8. The van der Waals surface area contributed by atoms with Crippen LogP contribution in [0.2, 0.25) is 0 Å². The van der Waals surface area contributed by atoms with Crippen molar-refractivity contribution in [2.24, 2.45) is 29.6 Å². The Bertz CT molecular complexity index is 375. The normalized spacial score (nSPS) is 42.3. The summed E-state index contributed by atoms with van der Waals surface area (Å²) in [5, 5.41) is 0. The molecule has 132 valence electrons. The highest BCUT2D eigenvalue weighted by molar-refractivity contribution is 5.72. The highest BCUT2D eigenvalue weighted by Crippen LogP contribution is 2.44. The van der Waals surface area contributed by atoms with Crippen LogP contribution < -0.4 is 0 Å². The minimum Gasteiger partial charge on any atom is -0.462 e. The molecule has 0 spiro atoms. The van der Waals surface area contributed by atoms with Gasteiger partial charge in [0.2, 0.25) is 0 Å². The van der Waals surface area contributed by atoms with Crippen LogP contribution in [0.15, 0.2) is 0 Å². The van der Waals surface area contributed by atoms with E-state index in [0.717, 1.165) is 30.6 Å². The second-order valence-electron chi connectivity index (χ2n) is 8.70. The molecule has 2 atom stereocenters. The van der Waals surface area contributed by atoms with E-state index in [1.165, 1.54) is 64.2 Å². The van der Waals surface area contributed by atoms with E-state index in [2.05, 4.69) is 6.92 Å². The largest absolute Gasteiger partial charge is 0.462 e.